The Balaban J connectivity index is 1.58. The second kappa shape index (κ2) is 6.91. The fourth-order valence-electron chi connectivity index (χ4n) is 2.94. The molecule has 1 saturated carbocycles. The van der Waals surface area contributed by atoms with E-state index in [1.807, 2.05) is 44.2 Å². The summed E-state index contributed by atoms with van der Waals surface area (Å²) >= 11 is 0. The second-order valence-electron chi connectivity index (χ2n) is 6.17. The van der Waals surface area contributed by atoms with Crippen LogP contribution in [-0.4, -0.2) is 18.4 Å². The molecule has 0 aliphatic heterocycles. The summed E-state index contributed by atoms with van der Waals surface area (Å²) in [4.78, 5) is 26.7. The van der Waals surface area contributed by atoms with Crippen molar-refractivity contribution in [3.63, 3.8) is 0 Å². The SMILES string of the molecule is CCN(C(=O)C1CC1C(=O)NCc1ccco1)c1cccc(C)c1. The van der Waals surface area contributed by atoms with Crippen molar-refractivity contribution >= 4 is 17.5 Å². The van der Waals surface area contributed by atoms with E-state index in [9.17, 15) is 9.59 Å². The number of nitrogens with one attached hydrogen (secondary N) is 1. The molecule has 24 heavy (non-hydrogen) atoms. The van der Waals surface area contributed by atoms with E-state index in [2.05, 4.69) is 5.32 Å². The van der Waals surface area contributed by atoms with E-state index in [1.165, 1.54) is 0 Å². The Kier molecular flexibility index (Phi) is 4.69. The normalized spacial score (nSPS) is 18.9. The fourth-order valence-corrected chi connectivity index (χ4v) is 2.94. The molecule has 1 heterocycles. The molecule has 0 saturated heterocycles. The number of anilines is 1. The lowest BCUT2D eigenvalue weighted by Crippen LogP contribution is -2.34. The van der Waals surface area contributed by atoms with Crippen LogP contribution >= 0.6 is 0 Å². The number of furan rings is 1. The number of rotatable bonds is 6. The Labute approximate surface area is 141 Å². The van der Waals surface area contributed by atoms with Crippen LogP contribution in [0, 0.1) is 18.8 Å². The molecule has 2 aromatic rings. The van der Waals surface area contributed by atoms with Crippen molar-refractivity contribution in [2.75, 3.05) is 11.4 Å². The molecule has 126 valence electrons. The van der Waals surface area contributed by atoms with Crippen molar-refractivity contribution < 1.29 is 14.0 Å². The Hall–Kier alpha value is -2.56. The van der Waals surface area contributed by atoms with Gasteiger partial charge in [0.2, 0.25) is 11.8 Å². The number of carbonyl (C=O) groups is 2. The highest BCUT2D eigenvalue weighted by Crippen LogP contribution is 2.41. The molecule has 0 spiro atoms. The van der Waals surface area contributed by atoms with Gasteiger partial charge in [-0.15, -0.1) is 0 Å². The van der Waals surface area contributed by atoms with Gasteiger partial charge in [-0.1, -0.05) is 12.1 Å². The van der Waals surface area contributed by atoms with Gasteiger partial charge in [-0.05, 0) is 50.1 Å². The third-order valence-corrected chi connectivity index (χ3v) is 4.36. The van der Waals surface area contributed by atoms with Crippen LogP contribution in [0.15, 0.2) is 47.1 Å². The summed E-state index contributed by atoms with van der Waals surface area (Å²) in [6.07, 6.45) is 2.19. The fraction of sp³-hybridized carbons (Fsp3) is 0.368. The van der Waals surface area contributed by atoms with E-state index in [-0.39, 0.29) is 23.7 Å². The molecule has 5 heteroatoms. The molecule has 1 aliphatic rings. The van der Waals surface area contributed by atoms with E-state index >= 15 is 0 Å². The summed E-state index contributed by atoms with van der Waals surface area (Å²) in [7, 11) is 0. The predicted octanol–water partition coefficient (Wildman–Crippen LogP) is 2.89. The highest BCUT2D eigenvalue weighted by atomic mass is 16.3. The highest BCUT2D eigenvalue weighted by Gasteiger charge is 2.49. The van der Waals surface area contributed by atoms with Crippen molar-refractivity contribution in [2.24, 2.45) is 11.8 Å². The Morgan fingerprint density at radius 1 is 1.25 bits per heavy atom. The highest BCUT2D eigenvalue weighted by molar-refractivity contribution is 6.01. The monoisotopic (exact) mass is 326 g/mol. The zero-order valence-corrected chi connectivity index (χ0v) is 14.0. The number of hydrogen-bond donors (Lipinski definition) is 1. The maximum atomic E-state index is 12.7. The molecule has 1 aliphatic carbocycles. The van der Waals surface area contributed by atoms with Gasteiger partial charge < -0.3 is 14.6 Å². The molecular weight excluding hydrogens is 304 g/mol. The largest absolute Gasteiger partial charge is 0.467 e. The first-order chi connectivity index (χ1) is 11.6. The van der Waals surface area contributed by atoms with Crippen LogP contribution in [-0.2, 0) is 16.1 Å². The average molecular weight is 326 g/mol. The minimum atomic E-state index is -0.230. The van der Waals surface area contributed by atoms with Crippen molar-refractivity contribution in [1.29, 1.82) is 0 Å². The predicted molar refractivity (Wildman–Crippen MR) is 91.4 cm³/mol. The van der Waals surface area contributed by atoms with Crippen LogP contribution in [0.1, 0.15) is 24.7 Å². The standard InChI is InChI=1S/C19H22N2O3/c1-3-21(14-7-4-6-13(2)10-14)19(23)17-11-16(17)18(22)20-12-15-8-5-9-24-15/h4-10,16-17H,3,11-12H2,1-2H3,(H,20,22). The molecule has 5 nitrogen and oxygen atoms in total. The second-order valence-corrected chi connectivity index (χ2v) is 6.17. The van der Waals surface area contributed by atoms with Crippen LogP contribution in [0.5, 0.6) is 0 Å². The maximum absolute atomic E-state index is 12.7. The van der Waals surface area contributed by atoms with Crippen LogP contribution in [0.2, 0.25) is 0 Å². The van der Waals surface area contributed by atoms with Crippen molar-refractivity contribution in [3.8, 4) is 0 Å². The number of amides is 2. The lowest BCUT2D eigenvalue weighted by Gasteiger charge is -2.21. The van der Waals surface area contributed by atoms with E-state index in [4.69, 9.17) is 4.42 Å². The van der Waals surface area contributed by atoms with Crippen molar-refractivity contribution in [3.05, 3.63) is 54.0 Å². The molecule has 2 unspecified atom stereocenters. The van der Waals surface area contributed by atoms with Crippen LogP contribution in [0.25, 0.3) is 0 Å². The number of aryl methyl sites for hydroxylation is 1. The number of benzene rings is 1. The van der Waals surface area contributed by atoms with Crippen LogP contribution in [0.3, 0.4) is 0 Å². The molecular formula is C19H22N2O3. The Morgan fingerprint density at radius 2 is 2.08 bits per heavy atom. The van der Waals surface area contributed by atoms with Gasteiger partial charge in [0.1, 0.15) is 5.76 Å². The molecule has 1 aromatic carbocycles. The van der Waals surface area contributed by atoms with Gasteiger partial charge in [0.25, 0.3) is 0 Å². The molecule has 2 atom stereocenters. The third-order valence-electron chi connectivity index (χ3n) is 4.36. The van der Waals surface area contributed by atoms with E-state index in [0.717, 1.165) is 11.3 Å². The van der Waals surface area contributed by atoms with Gasteiger partial charge >= 0.3 is 0 Å². The Morgan fingerprint density at radius 3 is 2.75 bits per heavy atom. The van der Waals surface area contributed by atoms with Gasteiger partial charge in [0.15, 0.2) is 0 Å². The molecule has 1 N–H and O–H groups in total. The lowest BCUT2D eigenvalue weighted by molar-refractivity contribution is -0.126. The van der Waals surface area contributed by atoms with Crippen molar-refractivity contribution in [2.45, 2.75) is 26.8 Å². The molecule has 0 bridgehead atoms. The summed E-state index contributed by atoms with van der Waals surface area (Å²) in [5, 5.41) is 2.83. The lowest BCUT2D eigenvalue weighted by atomic mass is 10.2. The Bertz CT molecular complexity index is 724. The first kappa shape index (κ1) is 16.3. The minimum absolute atomic E-state index is 0.0289. The van der Waals surface area contributed by atoms with Crippen molar-refractivity contribution in [1.82, 2.24) is 5.32 Å². The molecule has 2 amide bonds. The molecule has 1 fully saturated rings. The summed E-state index contributed by atoms with van der Waals surface area (Å²) < 4.78 is 5.19. The number of carbonyl (C=O) groups excluding carboxylic acids is 2. The minimum Gasteiger partial charge on any atom is -0.467 e. The van der Waals surface area contributed by atoms with Gasteiger partial charge in [0, 0.05) is 12.2 Å². The molecule has 1 aromatic heterocycles. The van der Waals surface area contributed by atoms with E-state index in [1.54, 1.807) is 17.2 Å². The maximum Gasteiger partial charge on any atom is 0.230 e. The zero-order valence-electron chi connectivity index (χ0n) is 14.0. The molecule has 0 radical (unpaired) electrons. The first-order valence-corrected chi connectivity index (χ1v) is 8.28. The summed E-state index contributed by atoms with van der Waals surface area (Å²) in [5.41, 5.74) is 2.01. The van der Waals surface area contributed by atoms with Crippen LogP contribution < -0.4 is 10.2 Å². The number of nitrogens with zero attached hydrogens (tertiary/aromatic N) is 1. The molecule has 3 rings (SSSR count). The topological polar surface area (TPSA) is 62.6 Å². The number of hydrogen-bond acceptors (Lipinski definition) is 3. The summed E-state index contributed by atoms with van der Waals surface area (Å²) in [5.74, 6) is 0.210. The van der Waals surface area contributed by atoms with Gasteiger partial charge in [-0.25, -0.2) is 0 Å². The first-order valence-electron chi connectivity index (χ1n) is 8.28. The van der Waals surface area contributed by atoms with E-state index < -0.39 is 0 Å². The van der Waals surface area contributed by atoms with Gasteiger partial charge in [-0.2, -0.15) is 0 Å². The van der Waals surface area contributed by atoms with Gasteiger partial charge in [0.05, 0.1) is 24.6 Å². The summed E-state index contributed by atoms with van der Waals surface area (Å²) in [6, 6.07) is 11.5. The quantitative estimate of drug-likeness (QED) is 0.888. The smallest absolute Gasteiger partial charge is 0.230 e. The summed E-state index contributed by atoms with van der Waals surface area (Å²) in [6.45, 7) is 4.91. The van der Waals surface area contributed by atoms with Gasteiger partial charge in [-0.3, -0.25) is 9.59 Å². The van der Waals surface area contributed by atoms with Crippen LogP contribution in [0.4, 0.5) is 5.69 Å². The van der Waals surface area contributed by atoms with E-state index in [0.29, 0.717) is 25.3 Å². The average Bonchev–Trinajstić information content (AvgIpc) is 3.21. The zero-order chi connectivity index (χ0) is 17.1. The third kappa shape index (κ3) is 3.50.